The van der Waals surface area contributed by atoms with Crippen molar-refractivity contribution in [1.82, 2.24) is 9.80 Å². The summed E-state index contributed by atoms with van der Waals surface area (Å²) in [5.74, 6) is -2.97. The Morgan fingerprint density at radius 2 is 1.81 bits per heavy atom. The number of rotatable bonds is 5. The lowest BCUT2D eigenvalue weighted by Crippen LogP contribution is -2.58. The summed E-state index contributed by atoms with van der Waals surface area (Å²) < 4.78 is 12.6. The van der Waals surface area contributed by atoms with E-state index in [0.717, 1.165) is 6.42 Å². The molecule has 0 bridgehead atoms. The summed E-state index contributed by atoms with van der Waals surface area (Å²) in [5, 5.41) is 10.6. The van der Waals surface area contributed by atoms with Crippen molar-refractivity contribution in [3.63, 3.8) is 0 Å². The average molecular weight is 509 g/mol. The third-order valence-electron chi connectivity index (χ3n) is 8.42. The second-order valence-electron chi connectivity index (χ2n) is 10.7. The Morgan fingerprint density at radius 3 is 2.49 bits per heavy atom. The van der Waals surface area contributed by atoms with Crippen LogP contribution >= 0.6 is 0 Å². The number of allylic oxidation sites excluding steroid dienone is 1. The Kier molecular flexibility index (Phi) is 6.75. The second-order valence-corrected chi connectivity index (χ2v) is 10.7. The molecule has 2 fully saturated rings. The fourth-order valence-corrected chi connectivity index (χ4v) is 6.66. The molecular formula is C29H36N2O6. The zero-order valence-corrected chi connectivity index (χ0v) is 21.7. The minimum atomic E-state index is -1.37. The van der Waals surface area contributed by atoms with E-state index in [9.17, 15) is 19.5 Å². The number of hydrogen-bond acceptors (Lipinski definition) is 6. The largest absolute Gasteiger partial charge is 0.465 e. The maximum absolute atomic E-state index is 14.5. The standard InChI is InChI=1S/C29H36N2O6/c1-4-28-14-9-6-10-17-36-27(35)23(28)22-25(33)31(21(18-32)20-12-7-5-8-13-20)24-26(34)30(19(2)3)16-11-15-29(22,24)37-28/h5,7-9,11-15,19,21-24,32H,4,6,10,16-18H2,1-3H3/b14-9-/t21-,22+,23+,24?,28-,29+/m1/s1. The van der Waals surface area contributed by atoms with Gasteiger partial charge in [0.2, 0.25) is 11.8 Å². The van der Waals surface area contributed by atoms with Gasteiger partial charge in [0.25, 0.3) is 0 Å². The minimum Gasteiger partial charge on any atom is -0.465 e. The smallest absolute Gasteiger partial charge is 0.313 e. The predicted octanol–water partition coefficient (Wildman–Crippen LogP) is 2.78. The first-order chi connectivity index (χ1) is 17.8. The van der Waals surface area contributed by atoms with Gasteiger partial charge in [-0.3, -0.25) is 14.4 Å². The van der Waals surface area contributed by atoms with Crippen molar-refractivity contribution in [1.29, 1.82) is 0 Å². The monoisotopic (exact) mass is 508 g/mol. The quantitative estimate of drug-likeness (QED) is 0.485. The van der Waals surface area contributed by atoms with Crippen LogP contribution in [0.15, 0.2) is 54.6 Å². The predicted molar refractivity (Wildman–Crippen MR) is 136 cm³/mol. The van der Waals surface area contributed by atoms with Crippen molar-refractivity contribution in [2.75, 3.05) is 19.8 Å². The van der Waals surface area contributed by atoms with Crippen LogP contribution in [0.4, 0.5) is 0 Å². The third kappa shape index (κ3) is 3.84. The summed E-state index contributed by atoms with van der Waals surface area (Å²) >= 11 is 0. The van der Waals surface area contributed by atoms with E-state index < -0.39 is 41.1 Å². The zero-order valence-electron chi connectivity index (χ0n) is 21.7. The molecule has 1 aromatic rings. The van der Waals surface area contributed by atoms with Gasteiger partial charge in [-0.1, -0.05) is 61.6 Å². The van der Waals surface area contributed by atoms with E-state index in [1.165, 1.54) is 4.90 Å². The van der Waals surface area contributed by atoms with E-state index in [1.54, 1.807) is 4.90 Å². The topological polar surface area (TPSA) is 96.4 Å². The summed E-state index contributed by atoms with van der Waals surface area (Å²) in [6.07, 6.45) is 9.48. The number of aliphatic hydroxyl groups is 1. The molecule has 8 heteroatoms. The van der Waals surface area contributed by atoms with Gasteiger partial charge < -0.3 is 24.4 Å². The molecule has 8 nitrogen and oxygen atoms in total. The molecule has 0 aliphatic carbocycles. The number of nitrogens with zero attached hydrogens (tertiary/aromatic N) is 2. The molecule has 0 aromatic heterocycles. The van der Waals surface area contributed by atoms with Crippen molar-refractivity contribution in [2.24, 2.45) is 11.8 Å². The Hall–Kier alpha value is -2.97. The number of cyclic esters (lactones) is 1. The van der Waals surface area contributed by atoms with E-state index in [4.69, 9.17) is 9.47 Å². The maximum Gasteiger partial charge on any atom is 0.313 e. The highest BCUT2D eigenvalue weighted by atomic mass is 16.6. The van der Waals surface area contributed by atoms with Gasteiger partial charge in [-0.25, -0.2) is 0 Å². The first kappa shape index (κ1) is 25.7. The molecule has 6 atom stereocenters. The van der Waals surface area contributed by atoms with Gasteiger partial charge in [0.1, 0.15) is 23.2 Å². The van der Waals surface area contributed by atoms with Crippen LogP contribution < -0.4 is 0 Å². The third-order valence-corrected chi connectivity index (χ3v) is 8.42. The van der Waals surface area contributed by atoms with Gasteiger partial charge in [-0.2, -0.15) is 0 Å². The van der Waals surface area contributed by atoms with Crippen molar-refractivity contribution in [2.45, 2.75) is 69.4 Å². The van der Waals surface area contributed by atoms with Gasteiger partial charge in [0, 0.05) is 12.6 Å². The van der Waals surface area contributed by atoms with Crippen molar-refractivity contribution in [3.05, 3.63) is 60.2 Å². The Labute approximate surface area is 217 Å². The normalized spacial score (nSPS) is 35.2. The molecule has 198 valence electrons. The molecule has 1 aromatic carbocycles. The van der Waals surface area contributed by atoms with Gasteiger partial charge in [-0.15, -0.1) is 0 Å². The number of carbonyl (C=O) groups is 3. The lowest BCUT2D eigenvalue weighted by atomic mass is 9.73. The summed E-state index contributed by atoms with van der Waals surface area (Å²) in [7, 11) is 0. The number of fused-ring (bicyclic) bond motifs is 2. The highest BCUT2D eigenvalue weighted by Gasteiger charge is 2.76. The van der Waals surface area contributed by atoms with E-state index in [0.29, 0.717) is 24.9 Å². The van der Waals surface area contributed by atoms with Gasteiger partial charge in [0.05, 0.1) is 25.2 Å². The molecule has 2 amide bonds. The van der Waals surface area contributed by atoms with Crippen LogP contribution in [0.3, 0.4) is 0 Å². The summed E-state index contributed by atoms with van der Waals surface area (Å²) in [6.45, 7) is 6.06. The Balaban J connectivity index is 1.73. The van der Waals surface area contributed by atoms with Crippen LogP contribution in [0, 0.1) is 11.8 Å². The van der Waals surface area contributed by atoms with Gasteiger partial charge >= 0.3 is 5.97 Å². The van der Waals surface area contributed by atoms with Crippen LogP contribution in [0.25, 0.3) is 0 Å². The number of ether oxygens (including phenoxy) is 2. The maximum atomic E-state index is 14.5. The van der Waals surface area contributed by atoms with Crippen molar-refractivity contribution in [3.8, 4) is 0 Å². The van der Waals surface area contributed by atoms with Gasteiger partial charge in [0.15, 0.2) is 0 Å². The lowest BCUT2D eigenvalue weighted by Gasteiger charge is -2.41. The summed E-state index contributed by atoms with van der Waals surface area (Å²) in [4.78, 5) is 45.6. The fourth-order valence-electron chi connectivity index (χ4n) is 6.66. The highest BCUT2D eigenvalue weighted by molar-refractivity contribution is 5.99. The molecule has 2 saturated heterocycles. The number of amides is 2. The number of aliphatic hydroxyl groups excluding tert-OH is 1. The molecule has 1 spiro atoms. The molecule has 0 saturated carbocycles. The first-order valence-corrected chi connectivity index (χ1v) is 13.3. The van der Waals surface area contributed by atoms with E-state index >= 15 is 0 Å². The molecule has 37 heavy (non-hydrogen) atoms. The van der Waals surface area contributed by atoms with Crippen LogP contribution in [0.1, 0.15) is 51.6 Å². The molecule has 4 aliphatic heterocycles. The van der Waals surface area contributed by atoms with E-state index in [1.807, 2.05) is 75.4 Å². The highest BCUT2D eigenvalue weighted by Crippen LogP contribution is 2.59. The summed E-state index contributed by atoms with van der Waals surface area (Å²) in [5.41, 5.74) is -1.74. The van der Waals surface area contributed by atoms with Gasteiger partial charge in [-0.05, 0) is 38.7 Å². The number of benzene rings is 1. The Morgan fingerprint density at radius 1 is 1.05 bits per heavy atom. The first-order valence-electron chi connectivity index (χ1n) is 13.3. The average Bonchev–Trinajstić information content (AvgIpc) is 3.27. The molecule has 0 radical (unpaired) electrons. The molecular weight excluding hydrogens is 472 g/mol. The minimum absolute atomic E-state index is 0.115. The Bertz CT molecular complexity index is 1120. The molecule has 4 aliphatic rings. The number of esters is 1. The van der Waals surface area contributed by atoms with E-state index in [-0.39, 0.29) is 31.1 Å². The van der Waals surface area contributed by atoms with Crippen molar-refractivity contribution < 1.29 is 29.0 Å². The van der Waals surface area contributed by atoms with Crippen molar-refractivity contribution >= 4 is 17.8 Å². The molecule has 1 unspecified atom stereocenters. The lowest BCUT2D eigenvalue weighted by molar-refractivity contribution is -0.163. The second kappa shape index (κ2) is 9.72. The number of hydrogen-bond donors (Lipinski definition) is 1. The van der Waals surface area contributed by atoms with E-state index in [2.05, 4.69) is 0 Å². The molecule has 5 rings (SSSR count). The van der Waals surface area contributed by atoms with Crippen LogP contribution in [-0.4, -0.2) is 75.7 Å². The SMILES string of the molecule is CC[C@@]12/C=C\CCCOC(=O)[C@@H]1[C@H]1C(=O)N([C@H](CO)c3ccccc3)C3C(=O)N(C(C)C)CC=C[C@@]31O2. The summed E-state index contributed by atoms with van der Waals surface area (Å²) in [6, 6.07) is 7.28. The fraction of sp³-hybridized carbons (Fsp3) is 0.552. The number of carbonyl (C=O) groups excluding carboxylic acids is 3. The zero-order chi connectivity index (χ0) is 26.4. The van der Waals surface area contributed by atoms with Crippen LogP contribution in [0.5, 0.6) is 0 Å². The molecule has 4 heterocycles. The van der Waals surface area contributed by atoms with Crippen LogP contribution in [-0.2, 0) is 23.9 Å². The van der Waals surface area contributed by atoms with Crippen LogP contribution in [0.2, 0.25) is 0 Å². The number of likely N-dealkylation sites (tertiary alicyclic amines) is 1. The molecule has 1 N–H and O–H groups in total.